The molecule has 0 bridgehead atoms. The van der Waals surface area contributed by atoms with Gasteiger partial charge in [0.1, 0.15) is 25.3 Å². The molecule has 1 fully saturated rings. The van der Waals surface area contributed by atoms with E-state index >= 15 is 0 Å². The number of hydrogen-bond acceptors (Lipinski definition) is 10. The summed E-state index contributed by atoms with van der Waals surface area (Å²) < 4.78 is 27.2. The topological polar surface area (TPSA) is 153 Å². The SMILES string of the molecule is CC(C)(C)[Si](C)(C)OC[C@H]1O[C@@H](n2cnc3c(NC(=O)OCc4ccccc4[N+](=O)[O-])ncnc32)C[C@@H]1O[Si](C)(C)C(C)(C)C. The fourth-order valence-electron chi connectivity index (χ4n) is 4.45. The van der Waals surface area contributed by atoms with Gasteiger partial charge in [0.2, 0.25) is 0 Å². The number of rotatable bonds is 10. The Balaban J connectivity index is 1.53. The summed E-state index contributed by atoms with van der Waals surface area (Å²) in [5.41, 5.74) is 0.969. The van der Waals surface area contributed by atoms with Gasteiger partial charge in [-0.3, -0.25) is 20.0 Å². The summed E-state index contributed by atoms with van der Waals surface area (Å²) in [5.74, 6) is 0.149. The zero-order chi connectivity index (χ0) is 33.4. The lowest BCUT2D eigenvalue weighted by atomic mass is 10.2. The van der Waals surface area contributed by atoms with Gasteiger partial charge in [-0.25, -0.2) is 19.7 Å². The second-order valence-electron chi connectivity index (χ2n) is 14.5. The zero-order valence-electron chi connectivity index (χ0n) is 27.9. The van der Waals surface area contributed by atoms with Crippen molar-refractivity contribution in [1.29, 1.82) is 0 Å². The number of nitrogens with one attached hydrogen (secondary N) is 1. The molecule has 3 atom stereocenters. The minimum atomic E-state index is -2.13. The minimum absolute atomic E-state index is 0.0193. The second-order valence-corrected chi connectivity index (χ2v) is 24.1. The Kier molecular flexibility index (Phi) is 9.90. The minimum Gasteiger partial charge on any atom is -0.444 e. The molecule has 0 unspecified atom stereocenters. The first-order chi connectivity index (χ1) is 20.8. The van der Waals surface area contributed by atoms with Crippen molar-refractivity contribution < 1.29 is 28.0 Å². The van der Waals surface area contributed by atoms with Gasteiger partial charge in [0, 0.05) is 12.5 Å². The lowest BCUT2D eigenvalue weighted by Crippen LogP contribution is -2.48. The third-order valence-corrected chi connectivity index (χ3v) is 18.3. The van der Waals surface area contributed by atoms with E-state index in [1.807, 2.05) is 4.57 Å². The van der Waals surface area contributed by atoms with Crippen molar-refractivity contribution in [3.63, 3.8) is 0 Å². The summed E-state index contributed by atoms with van der Waals surface area (Å²) >= 11 is 0. The Morgan fingerprint density at radius 2 is 1.73 bits per heavy atom. The van der Waals surface area contributed by atoms with Crippen LogP contribution in [0.4, 0.5) is 16.3 Å². The van der Waals surface area contributed by atoms with E-state index < -0.39 is 33.9 Å². The summed E-state index contributed by atoms with van der Waals surface area (Å²) in [6, 6.07) is 6.08. The average molecular weight is 659 g/mol. The number of ether oxygens (including phenoxy) is 2. The quantitative estimate of drug-likeness (QED) is 0.135. The molecule has 4 rings (SSSR count). The zero-order valence-corrected chi connectivity index (χ0v) is 29.9. The number of benzene rings is 1. The Labute approximate surface area is 266 Å². The molecule has 3 aromatic rings. The molecule has 0 radical (unpaired) electrons. The molecule has 0 saturated carbocycles. The monoisotopic (exact) mass is 658 g/mol. The Morgan fingerprint density at radius 3 is 2.38 bits per heavy atom. The molecular weight excluding hydrogens is 613 g/mol. The Hall–Kier alpha value is -3.25. The van der Waals surface area contributed by atoms with E-state index in [4.69, 9.17) is 18.3 Å². The van der Waals surface area contributed by atoms with Gasteiger partial charge in [-0.15, -0.1) is 0 Å². The Bertz CT molecular complexity index is 1530. The maximum Gasteiger partial charge on any atom is 0.413 e. The summed E-state index contributed by atoms with van der Waals surface area (Å²) in [7, 11) is -4.17. The van der Waals surface area contributed by atoms with Gasteiger partial charge in [-0.1, -0.05) is 53.7 Å². The molecule has 1 saturated heterocycles. The van der Waals surface area contributed by atoms with Crippen molar-refractivity contribution >= 4 is 45.4 Å². The molecule has 1 N–H and O–H groups in total. The number of carbonyl (C=O) groups excluding carboxylic acids is 1. The van der Waals surface area contributed by atoms with E-state index in [-0.39, 0.29) is 46.0 Å². The molecule has 1 aliphatic rings. The van der Waals surface area contributed by atoms with Crippen LogP contribution < -0.4 is 5.32 Å². The first kappa shape index (κ1) is 34.6. The first-order valence-corrected chi connectivity index (χ1v) is 20.9. The highest BCUT2D eigenvalue weighted by Crippen LogP contribution is 2.43. The van der Waals surface area contributed by atoms with Gasteiger partial charge in [0.15, 0.2) is 33.6 Å². The molecule has 45 heavy (non-hydrogen) atoms. The summed E-state index contributed by atoms with van der Waals surface area (Å²) in [6.07, 6.45) is 1.80. The van der Waals surface area contributed by atoms with Crippen LogP contribution in [0.3, 0.4) is 0 Å². The molecule has 0 spiro atoms. The fraction of sp³-hybridized carbons (Fsp3) is 0.600. The summed E-state index contributed by atoms with van der Waals surface area (Å²) in [6.45, 7) is 22.4. The number of hydrogen-bond donors (Lipinski definition) is 1. The predicted octanol–water partition coefficient (Wildman–Crippen LogP) is 7.18. The van der Waals surface area contributed by atoms with E-state index in [1.165, 1.54) is 18.5 Å². The highest BCUT2D eigenvalue weighted by atomic mass is 28.4. The van der Waals surface area contributed by atoms with Gasteiger partial charge >= 0.3 is 6.09 Å². The molecule has 246 valence electrons. The number of nitrogens with zero attached hydrogens (tertiary/aromatic N) is 5. The number of fused-ring (bicyclic) bond motifs is 1. The third kappa shape index (κ3) is 7.77. The largest absolute Gasteiger partial charge is 0.444 e. The van der Waals surface area contributed by atoms with Gasteiger partial charge in [-0.2, -0.15) is 0 Å². The Morgan fingerprint density at radius 1 is 1.07 bits per heavy atom. The first-order valence-electron chi connectivity index (χ1n) is 15.1. The van der Waals surface area contributed by atoms with E-state index in [2.05, 4.69) is 88.0 Å². The van der Waals surface area contributed by atoms with Crippen LogP contribution >= 0.6 is 0 Å². The van der Waals surface area contributed by atoms with Gasteiger partial charge < -0.3 is 18.3 Å². The molecule has 0 aliphatic carbocycles. The number of imidazole rings is 1. The maximum absolute atomic E-state index is 12.7. The highest BCUT2D eigenvalue weighted by molar-refractivity contribution is 6.74. The second kappa shape index (κ2) is 12.9. The van der Waals surface area contributed by atoms with Crippen LogP contribution in [-0.2, 0) is 24.9 Å². The predicted molar refractivity (Wildman–Crippen MR) is 176 cm³/mol. The van der Waals surface area contributed by atoms with Crippen LogP contribution in [0.5, 0.6) is 0 Å². The van der Waals surface area contributed by atoms with Gasteiger partial charge in [-0.05, 0) is 42.3 Å². The number of para-hydroxylation sites is 1. The van der Waals surface area contributed by atoms with Crippen LogP contribution in [0.1, 0.15) is 59.8 Å². The molecule has 2 aromatic heterocycles. The van der Waals surface area contributed by atoms with Crippen molar-refractivity contribution in [2.75, 3.05) is 11.9 Å². The van der Waals surface area contributed by atoms with Gasteiger partial charge in [0.05, 0.1) is 29.5 Å². The van der Waals surface area contributed by atoms with Crippen molar-refractivity contribution in [1.82, 2.24) is 19.5 Å². The van der Waals surface area contributed by atoms with Crippen LogP contribution in [0.15, 0.2) is 36.9 Å². The number of aromatic nitrogens is 4. The molecular formula is C30H46N6O7Si2. The van der Waals surface area contributed by atoms with E-state index in [1.54, 1.807) is 18.5 Å². The standard InChI is InChI=1S/C30H46N6O7Si2/c1-29(2,3)44(7,8)41-17-23-22(43-45(9,10)30(4,5)6)15-24(42-23)35-19-33-25-26(31-18-32-27(25)35)34-28(37)40-16-20-13-11-12-14-21(20)36(38)39/h11-14,18-19,22-24H,15-17H2,1-10H3,(H,31,32,34,37)/t22-,23+,24+/m0/s1. The van der Waals surface area contributed by atoms with Crippen molar-refractivity contribution in [3.05, 3.63) is 52.6 Å². The third-order valence-electron chi connectivity index (χ3n) is 9.28. The number of anilines is 1. The lowest BCUT2D eigenvalue weighted by molar-refractivity contribution is -0.385. The molecule has 13 nitrogen and oxygen atoms in total. The van der Waals surface area contributed by atoms with Gasteiger partial charge in [0.25, 0.3) is 5.69 Å². The van der Waals surface area contributed by atoms with Crippen LogP contribution in [0.25, 0.3) is 11.2 Å². The number of amides is 1. The smallest absolute Gasteiger partial charge is 0.413 e. The number of nitro groups is 1. The van der Waals surface area contributed by atoms with E-state index in [9.17, 15) is 14.9 Å². The fourth-order valence-corrected chi connectivity index (χ4v) is 6.82. The van der Waals surface area contributed by atoms with Crippen molar-refractivity contribution in [2.24, 2.45) is 0 Å². The van der Waals surface area contributed by atoms with Crippen molar-refractivity contribution in [2.45, 2.75) is 109 Å². The maximum atomic E-state index is 12.7. The molecule has 1 amide bonds. The van der Waals surface area contributed by atoms with Crippen LogP contribution in [-0.4, -0.2) is 66.0 Å². The average Bonchev–Trinajstić information content (AvgIpc) is 3.54. The normalized spacial score (nSPS) is 19.6. The number of carbonyl (C=O) groups is 1. The van der Waals surface area contributed by atoms with Crippen molar-refractivity contribution in [3.8, 4) is 0 Å². The lowest BCUT2D eigenvalue weighted by Gasteiger charge is -2.40. The van der Waals surface area contributed by atoms with E-state index in [0.29, 0.717) is 24.2 Å². The molecule has 1 aliphatic heterocycles. The highest BCUT2D eigenvalue weighted by Gasteiger charge is 2.47. The van der Waals surface area contributed by atoms with Crippen LogP contribution in [0.2, 0.25) is 36.3 Å². The summed E-state index contributed by atoms with van der Waals surface area (Å²) in [4.78, 5) is 36.5. The molecule has 3 heterocycles. The number of nitro benzene ring substituents is 1. The molecule has 15 heteroatoms. The van der Waals surface area contributed by atoms with Crippen LogP contribution in [0, 0.1) is 10.1 Å². The molecule has 1 aromatic carbocycles. The summed E-state index contributed by atoms with van der Waals surface area (Å²) in [5, 5.41) is 14.0. The van der Waals surface area contributed by atoms with E-state index in [0.717, 1.165) is 0 Å².